The molecular formula is C13H17FO2. The summed E-state index contributed by atoms with van der Waals surface area (Å²) in [6.45, 7) is 4.20. The van der Waals surface area contributed by atoms with Crippen molar-refractivity contribution in [3.05, 3.63) is 35.6 Å². The Kier molecular flexibility index (Phi) is 4.96. The standard InChI is InChI=1S/C13H17FO2/c1-3-8-16-13(15)9-10(2)11-6-4-5-7-12(11)14/h4-7,10H,3,8-9H2,1-2H3. The molecule has 1 rings (SSSR count). The van der Waals surface area contributed by atoms with Gasteiger partial charge in [0.2, 0.25) is 0 Å². The highest BCUT2D eigenvalue weighted by molar-refractivity contribution is 5.70. The van der Waals surface area contributed by atoms with Crippen LogP contribution in [0.1, 0.15) is 38.2 Å². The van der Waals surface area contributed by atoms with Crippen molar-refractivity contribution in [3.8, 4) is 0 Å². The van der Waals surface area contributed by atoms with Gasteiger partial charge < -0.3 is 4.74 Å². The lowest BCUT2D eigenvalue weighted by atomic mass is 9.97. The van der Waals surface area contributed by atoms with Crippen LogP contribution in [-0.2, 0) is 9.53 Å². The minimum atomic E-state index is -0.266. The van der Waals surface area contributed by atoms with Gasteiger partial charge in [0, 0.05) is 0 Å². The molecule has 0 saturated heterocycles. The maximum atomic E-state index is 13.4. The molecule has 0 bridgehead atoms. The Morgan fingerprint density at radius 3 is 2.75 bits per heavy atom. The summed E-state index contributed by atoms with van der Waals surface area (Å²) in [7, 11) is 0. The van der Waals surface area contributed by atoms with Crippen molar-refractivity contribution in [2.24, 2.45) is 0 Å². The van der Waals surface area contributed by atoms with Crippen LogP contribution in [0.15, 0.2) is 24.3 Å². The average Bonchev–Trinajstić information content (AvgIpc) is 2.26. The summed E-state index contributed by atoms with van der Waals surface area (Å²) in [5, 5.41) is 0. The number of benzene rings is 1. The second-order valence-corrected chi connectivity index (χ2v) is 3.85. The summed E-state index contributed by atoms with van der Waals surface area (Å²) in [6.07, 6.45) is 1.03. The lowest BCUT2D eigenvalue weighted by Crippen LogP contribution is -2.10. The van der Waals surface area contributed by atoms with Crippen LogP contribution in [-0.4, -0.2) is 12.6 Å². The normalized spacial score (nSPS) is 12.2. The van der Waals surface area contributed by atoms with Crippen molar-refractivity contribution >= 4 is 5.97 Å². The Bertz CT molecular complexity index is 350. The van der Waals surface area contributed by atoms with E-state index in [1.807, 2.05) is 13.8 Å². The second-order valence-electron chi connectivity index (χ2n) is 3.85. The lowest BCUT2D eigenvalue weighted by molar-refractivity contribution is -0.144. The molecule has 0 amide bonds. The van der Waals surface area contributed by atoms with Gasteiger partial charge in [-0.15, -0.1) is 0 Å². The van der Waals surface area contributed by atoms with E-state index < -0.39 is 0 Å². The first-order chi connectivity index (χ1) is 7.65. The van der Waals surface area contributed by atoms with Gasteiger partial charge in [-0.3, -0.25) is 4.79 Å². The summed E-state index contributed by atoms with van der Waals surface area (Å²) in [5.74, 6) is -0.679. The fourth-order valence-corrected chi connectivity index (χ4v) is 1.51. The zero-order valence-electron chi connectivity index (χ0n) is 9.70. The number of carbonyl (C=O) groups is 1. The smallest absolute Gasteiger partial charge is 0.306 e. The molecule has 0 aliphatic heterocycles. The molecule has 0 N–H and O–H groups in total. The van der Waals surface area contributed by atoms with Crippen molar-refractivity contribution in [1.82, 2.24) is 0 Å². The predicted octanol–water partition coefficient (Wildman–Crippen LogP) is 3.27. The fourth-order valence-electron chi connectivity index (χ4n) is 1.51. The molecular weight excluding hydrogens is 207 g/mol. The van der Waals surface area contributed by atoms with Crippen LogP contribution in [0.4, 0.5) is 4.39 Å². The van der Waals surface area contributed by atoms with Gasteiger partial charge in [0.05, 0.1) is 13.0 Å². The molecule has 0 spiro atoms. The van der Waals surface area contributed by atoms with E-state index in [9.17, 15) is 9.18 Å². The quantitative estimate of drug-likeness (QED) is 0.717. The lowest BCUT2D eigenvalue weighted by Gasteiger charge is -2.11. The molecule has 2 nitrogen and oxygen atoms in total. The van der Waals surface area contributed by atoms with E-state index in [-0.39, 0.29) is 24.1 Å². The van der Waals surface area contributed by atoms with Crippen molar-refractivity contribution < 1.29 is 13.9 Å². The molecule has 0 saturated carbocycles. The highest BCUT2D eigenvalue weighted by Crippen LogP contribution is 2.22. The number of esters is 1. The number of ether oxygens (including phenoxy) is 1. The molecule has 1 aromatic rings. The zero-order chi connectivity index (χ0) is 12.0. The third-order valence-corrected chi connectivity index (χ3v) is 2.38. The molecule has 88 valence electrons. The molecule has 0 radical (unpaired) electrons. The Morgan fingerprint density at radius 2 is 2.12 bits per heavy atom. The first kappa shape index (κ1) is 12.7. The molecule has 1 atom stereocenters. The molecule has 1 aromatic carbocycles. The van der Waals surface area contributed by atoms with Gasteiger partial charge in [-0.1, -0.05) is 32.0 Å². The van der Waals surface area contributed by atoms with E-state index >= 15 is 0 Å². The highest BCUT2D eigenvalue weighted by Gasteiger charge is 2.14. The van der Waals surface area contributed by atoms with E-state index in [4.69, 9.17) is 4.74 Å². The summed E-state index contributed by atoms with van der Waals surface area (Å²) in [6, 6.07) is 6.52. The molecule has 0 heterocycles. The third-order valence-electron chi connectivity index (χ3n) is 2.38. The number of carbonyl (C=O) groups excluding carboxylic acids is 1. The van der Waals surface area contributed by atoms with Crippen LogP contribution >= 0.6 is 0 Å². The van der Waals surface area contributed by atoms with E-state index in [0.29, 0.717) is 12.2 Å². The maximum absolute atomic E-state index is 13.4. The van der Waals surface area contributed by atoms with E-state index in [1.165, 1.54) is 6.07 Å². The maximum Gasteiger partial charge on any atom is 0.306 e. The fraction of sp³-hybridized carbons (Fsp3) is 0.462. The molecule has 0 fully saturated rings. The third kappa shape index (κ3) is 3.65. The predicted molar refractivity (Wildman–Crippen MR) is 60.7 cm³/mol. The Balaban J connectivity index is 2.55. The van der Waals surface area contributed by atoms with Crippen molar-refractivity contribution in [3.63, 3.8) is 0 Å². The summed E-state index contributed by atoms with van der Waals surface area (Å²) in [4.78, 5) is 11.4. The minimum absolute atomic E-state index is 0.148. The Labute approximate surface area is 95.4 Å². The summed E-state index contributed by atoms with van der Waals surface area (Å²) < 4.78 is 18.4. The highest BCUT2D eigenvalue weighted by atomic mass is 19.1. The van der Waals surface area contributed by atoms with E-state index in [2.05, 4.69) is 0 Å². The van der Waals surface area contributed by atoms with Crippen molar-refractivity contribution in [2.75, 3.05) is 6.61 Å². The van der Waals surface area contributed by atoms with Crippen LogP contribution in [0, 0.1) is 5.82 Å². The van der Waals surface area contributed by atoms with Gasteiger partial charge in [0.15, 0.2) is 0 Å². The van der Waals surface area contributed by atoms with Crippen molar-refractivity contribution in [2.45, 2.75) is 32.6 Å². The minimum Gasteiger partial charge on any atom is -0.466 e. The molecule has 3 heteroatoms. The van der Waals surface area contributed by atoms with Gasteiger partial charge in [-0.2, -0.15) is 0 Å². The number of hydrogen-bond donors (Lipinski definition) is 0. The second kappa shape index (κ2) is 6.26. The number of halogens is 1. The van der Waals surface area contributed by atoms with Gasteiger partial charge in [0.1, 0.15) is 5.82 Å². The molecule has 1 unspecified atom stereocenters. The van der Waals surface area contributed by atoms with Gasteiger partial charge in [-0.25, -0.2) is 4.39 Å². The van der Waals surface area contributed by atoms with E-state index in [0.717, 1.165) is 6.42 Å². The van der Waals surface area contributed by atoms with Crippen LogP contribution in [0.25, 0.3) is 0 Å². The number of rotatable bonds is 5. The molecule has 16 heavy (non-hydrogen) atoms. The largest absolute Gasteiger partial charge is 0.466 e. The zero-order valence-corrected chi connectivity index (χ0v) is 9.70. The summed E-state index contributed by atoms with van der Waals surface area (Å²) in [5.41, 5.74) is 0.566. The van der Waals surface area contributed by atoms with Crippen LogP contribution in [0.2, 0.25) is 0 Å². The Hall–Kier alpha value is -1.38. The van der Waals surface area contributed by atoms with Gasteiger partial charge in [0.25, 0.3) is 0 Å². The topological polar surface area (TPSA) is 26.3 Å². The SMILES string of the molecule is CCCOC(=O)CC(C)c1ccccc1F. The van der Waals surface area contributed by atoms with Crippen LogP contribution in [0.5, 0.6) is 0 Å². The molecule has 0 aromatic heterocycles. The van der Waals surface area contributed by atoms with E-state index in [1.54, 1.807) is 18.2 Å². The Morgan fingerprint density at radius 1 is 1.44 bits per heavy atom. The van der Waals surface area contributed by atoms with Crippen molar-refractivity contribution in [1.29, 1.82) is 0 Å². The first-order valence-electron chi connectivity index (χ1n) is 5.55. The molecule has 0 aliphatic rings. The molecule has 0 aliphatic carbocycles. The van der Waals surface area contributed by atoms with Gasteiger partial charge >= 0.3 is 5.97 Å². The summed E-state index contributed by atoms with van der Waals surface area (Å²) >= 11 is 0. The average molecular weight is 224 g/mol. The van der Waals surface area contributed by atoms with Crippen LogP contribution in [0.3, 0.4) is 0 Å². The first-order valence-corrected chi connectivity index (χ1v) is 5.55. The monoisotopic (exact) mass is 224 g/mol. The van der Waals surface area contributed by atoms with Gasteiger partial charge in [-0.05, 0) is 24.0 Å². The van der Waals surface area contributed by atoms with Crippen LogP contribution < -0.4 is 0 Å². The number of hydrogen-bond acceptors (Lipinski definition) is 2.